The first-order valence-electron chi connectivity index (χ1n) is 7.36. The molecule has 19 heavy (non-hydrogen) atoms. The lowest BCUT2D eigenvalue weighted by Crippen LogP contribution is -2.49. The Kier molecular flexibility index (Phi) is 5.37. The van der Waals surface area contributed by atoms with Crippen LogP contribution in [0.5, 0.6) is 0 Å². The molecule has 2 rings (SSSR count). The van der Waals surface area contributed by atoms with Crippen molar-refractivity contribution in [3.63, 3.8) is 0 Å². The van der Waals surface area contributed by atoms with Crippen LogP contribution in [0.1, 0.15) is 32.4 Å². The van der Waals surface area contributed by atoms with Crippen molar-refractivity contribution in [2.75, 3.05) is 26.2 Å². The van der Waals surface area contributed by atoms with Crippen LogP contribution in [0.2, 0.25) is 0 Å². The third-order valence-corrected chi connectivity index (χ3v) is 3.66. The summed E-state index contributed by atoms with van der Waals surface area (Å²) in [4.78, 5) is 2.55. The molecular formula is C16H26N2O. The molecule has 0 aliphatic carbocycles. The van der Waals surface area contributed by atoms with Crippen molar-refractivity contribution in [2.45, 2.75) is 39.0 Å². The number of benzene rings is 1. The minimum absolute atomic E-state index is 0.316. The van der Waals surface area contributed by atoms with E-state index in [1.807, 2.05) is 0 Å². The molecule has 0 bridgehead atoms. The Morgan fingerprint density at radius 2 is 1.84 bits per heavy atom. The molecule has 1 saturated heterocycles. The fraction of sp³-hybridized carbons (Fsp3) is 0.625. The van der Waals surface area contributed by atoms with Gasteiger partial charge in [-0.25, -0.2) is 0 Å². The van der Waals surface area contributed by atoms with Gasteiger partial charge < -0.3 is 10.1 Å². The molecule has 0 aromatic heterocycles. The SMILES string of the molecule is CCNCC(c1ccccc1)N1C[C@@H](C)O[C@@H](C)C1. The molecule has 3 heteroatoms. The maximum Gasteiger partial charge on any atom is 0.0678 e. The number of hydrogen-bond donors (Lipinski definition) is 1. The van der Waals surface area contributed by atoms with E-state index in [4.69, 9.17) is 4.74 Å². The average Bonchev–Trinajstić information content (AvgIpc) is 2.39. The van der Waals surface area contributed by atoms with Crippen LogP contribution in [0.3, 0.4) is 0 Å². The lowest BCUT2D eigenvalue weighted by Gasteiger charge is -2.40. The minimum Gasteiger partial charge on any atom is -0.373 e. The van der Waals surface area contributed by atoms with Gasteiger partial charge in [-0.05, 0) is 26.0 Å². The summed E-state index contributed by atoms with van der Waals surface area (Å²) in [5.74, 6) is 0. The summed E-state index contributed by atoms with van der Waals surface area (Å²) in [5, 5.41) is 3.49. The Morgan fingerprint density at radius 1 is 1.21 bits per heavy atom. The number of nitrogens with one attached hydrogen (secondary N) is 1. The highest BCUT2D eigenvalue weighted by molar-refractivity contribution is 5.19. The third kappa shape index (κ3) is 4.03. The first-order chi connectivity index (χ1) is 9.20. The van der Waals surface area contributed by atoms with Gasteiger partial charge in [0.1, 0.15) is 0 Å². The predicted molar refractivity (Wildman–Crippen MR) is 79.3 cm³/mol. The number of likely N-dealkylation sites (N-methyl/N-ethyl adjacent to an activating group) is 1. The first kappa shape index (κ1) is 14.5. The molecule has 0 spiro atoms. The van der Waals surface area contributed by atoms with Gasteiger partial charge in [0.15, 0.2) is 0 Å². The summed E-state index contributed by atoms with van der Waals surface area (Å²) < 4.78 is 5.84. The molecule has 3 nitrogen and oxygen atoms in total. The number of hydrogen-bond acceptors (Lipinski definition) is 3. The van der Waals surface area contributed by atoms with E-state index in [1.54, 1.807) is 0 Å². The second-order valence-electron chi connectivity index (χ2n) is 5.45. The highest BCUT2D eigenvalue weighted by atomic mass is 16.5. The van der Waals surface area contributed by atoms with Crippen LogP contribution in [-0.2, 0) is 4.74 Å². The van der Waals surface area contributed by atoms with Crippen LogP contribution in [0.15, 0.2) is 30.3 Å². The van der Waals surface area contributed by atoms with Crippen molar-refractivity contribution in [1.82, 2.24) is 10.2 Å². The maximum atomic E-state index is 5.84. The molecule has 0 saturated carbocycles. The molecule has 1 aromatic rings. The molecule has 1 fully saturated rings. The van der Waals surface area contributed by atoms with Gasteiger partial charge in [-0.1, -0.05) is 37.3 Å². The molecule has 1 aliphatic heterocycles. The van der Waals surface area contributed by atoms with E-state index in [-0.39, 0.29) is 0 Å². The zero-order valence-corrected chi connectivity index (χ0v) is 12.3. The molecule has 3 atom stereocenters. The maximum absolute atomic E-state index is 5.84. The Morgan fingerprint density at radius 3 is 2.42 bits per heavy atom. The molecule has 1 heterocycles. The van der Waals surface area contributed by atoms with E-state index in [1.165, 1.54) is 5.56 Å². The van der Waals surface area contributed by atoms with Gasteiger partial charge in [0, 0.05) is 25.7 Å². The summed E-state index contributed by atoms with van der Waals surface area (Å²) in [6.45, 7) is 10.5. The summed E-state index contributed by atoms with van der Waals surface area (Å²) in [7, 11) is 0. The number of morpholine rings is 1. The first-order valence-corrected chi connectivity index (χ1v) is 7.36. The molecule has 1 aliphatic rings. The number of rotatable bonds is 5. The second kappa shape index (κ2) is 7.04. The van der Waals surface area contributed by atoms with E-state index >= 15 is 0 Å². The van der Waals surface area contributed by atoms with Crippen LogP contribution in [-0.4, -0.2) is 43.3 Å². The van der Waals surface area contributed by atoms with Gasteiger partial charge in [-0.3, -0.25) is 4.90 Å². The van der Waals surface area contributed by atoms with Crippen molar-refractivity contribution in [3.8, 4) is 0 Å². The van der Waals surface area contributed by atoms with Crippen molar-refractivity contribution >= 4 is 0 Å². The lowest BCUT2D eigenvalue weighted by molar-refractivity contribution is -0.0806. The van der Waals surface area contributed by atoms with Crippen molar-refractivity contribution in [3.05, 3.63) is 35.9 Å². The van der Waals surface area contributed by atoms with Crippen molar-refractivity contribution in [1.29, 1.82) is 0 Å². The molecule has 1 unspecified atom stereocenters. The van der Waals surface area contributed by atoms with Gasteiger partial charge in [0.25, 0.3) is 0 Å². The van der Waals surface area contributed by atoms with Gasteiger partial charge in [-0.15, -0.1) is 0 Å². The quantitative estimate of drug-likeness (QED) is 0.882. The van der Waals surface area contributed by atoms with E-state index in [2.05, 4.69) is 61.3 Å². The molecule has 0 radical (unpaired) electrons. The smallest absolute Gasteiger partial charge is 0.0678 e. The van der Waals surface area contributed by atoms with Gasteiger partial charge in [0.2, 0.25) is 0 Å². The summed E-state index contributed by atoms with van der Waals surface area (Å²) >= 11 is 0. The topological polar surface area (TPSA) is 24.5 Å². The fourth-order valence-electron chi connectivity index (χ4n) is 2.89. The Hall–Kier alpha value is -0.900. The standard InChI is InChI=1S/C16H26N2O/c1-4-17-10-16(15-8-6-5-7-9-15)18-11-13(2)19-14(3)12-18/h5-9,13-14,16-17H,4,10-12H2,1-3H3/t13-,14+,16?. The zero-order valence-electron chi connectivity index (χ0n) is 12.3. The van der Waals surface area contributed by atoms with E-state index in [0.717, 1.165) is 26.2 Å². The monoisotopic (exact) mass is 262 g/mol. The van der Waals surface area contributed by atoms with E-state index < -0.39 is 0 Å². The molecule has 1 N–H and O–H groups in total. The zero-order chi connectivity index (χ0) is 13.7. The summed E-state index contributed by atoms with van der Waals surface area (Å²) in [5.41, 5.74) is 1.39. The third-order valence-electron chi connectivity index (χ3n) is 3.66. The van der Waals surface area contributed by atoms with E-state index in [9.17, 15) is 0 Å². The van der Waals surface area contributed by atoms with Crippen molar-refractivity contribution in [2.24, 2.45) is 0 Å². The highest BCUT2D eigenvalue weighted by Gasteiger charge is 2.28. The summed E-state index contributed by atoms with van der Waals surface area (Å²) in [6, 6.07) is 11.2. The average molecular weight is 262 g/mol. The molecule has 0 amide bonds. The lowest BCUT2D eigenvalue weighted by atomic mass is 10.0. The van der Waals surface area contributed by atoms with Crippen LogP contribution >= 0.6 is 0 Å². The van der Waals surface area contributed by atoms with Gasteiger partial charge >= 0.3 is 0 Å². The van der Waals surface area contributed by atoms with Crippen molar-refractivity contribution < 1.29 is 4.74 Å². The normalized spacial score (nSPS) is 26.3. The van der Waals surface area contributed by atoms with Crippen LogP contribution in [0, 0.1) is 0 Å². The molecular weight excluding hydrogens is 236 g/mol. The Balaban J connectivity index is 2.12. The highest BCUT2D eigenvalue weighted by Crippen LogP contribution is 2.24. The predicted octanol–water partition coefficient (Wildman–Crippen LogP) is 2.45. The number of nitrogens with zero attached hydrogens (tertiary/aromatic N) is 1. The Bertz CT molecular complexity index is 358. The minimum atomic E-state index is 0.316. The van der Waals surface area contributed by atoms with Crippen LogP contribution in [0.25, 0.3) is 0 Å². The summed E-state index contributed by atoms with van der Waals surface area (Å²) in [6.07, 6.45) is 0.633. The Labute approximate surface area is 116 Å². The van der Waals surface area contributed by atoms with Crippen LogP contribution < -0.4 is 5.32 Å². The van der Waals surface area contributed by atoms with Crippen LogP contribution in [0.4, 0.5) is 0 Å². The largest absolute Gasteiger partial charge is 0.373 e. The second-order valence-corrected chi connectivity index (χ2v) is 5.45. The van der Waals surface area contributed by atoms with Gasteiger partial charge in [-0.2, -0.15) is 0 Å². The van der Waals surface area contributed by atoms with E-state index in [0.29, 0.717) is 18.2 Å². The fourth-order valence-corrected chi connectivity index (χ4v) is 2.89. The van der Waals surface area contributed by atoms with Gasteiger partial charge in [0.05, 0.1) is 12.2 Å². The molecule has 1 aromatic carbocycles. The number of ether oxygens (including phenoxy) is 1. The molecule has 106 valence electrons.